The number of thiophene rings is 1. The van der Waals surface area contributed by atoms with E-state index in [9.17, 15) is 13.2 Å². The number of benzene rings is 1. The number of ether oxygens (including phenoxy) is 1. The number of anilines is 1. The number of aryl methyl sites for hydroxylation is 1. The molecule has 1 saturated heterocycles. The van der Waals surface area contributed by atoms with Crippen molar-refractivity contribution in [3.05, 3.63) is 41.3 Å². The Kier molecular flexibility index (Phi) is 6.94. The summed E-state index contributed by atoms with van der Waals surface area (Å²) in [6.07, 6.45) is 1.33. The number of likely N-dealkylation sites (tertiary alicyclic amines) is 1. The largest absolute Gasteiger partial charge is 0.495 e. The van der Waals surface area contributed by atoms with Crippen LogP contribution in [0, 0.1) is 6.92 Å². The number of hydrogen-bond acceptors (Lipinski definition) is 6. The van der Waals surface area contributed by atoms with Crippen molar-refractivity contribution in [2.45, 2.75) is 43.0 Å². The fraction of sp³-hybridized carbons (Fsp3) is 0.450. The van der Waals surface area contributed by atoms with Crippen LogP contribution in [0.1, 0.15) is 25.3 Å². The van der Waals surface area contributed by atoms with Gasteiger partial charge in [0.15, 0.2) is 0 Å². The average molecular weight is 438 g/mol. The summed E-state index contributed by atoms with van der Waals surface area (Å²) in [5, 5.41) is 4.70. The number of hydrogen-bond donors (Lipinski definition) is 2. The number of sulfonamides is 1. The molecule has 0 saturated carbocycles. The monoisotopic (exact) mass is 437 g/mol. The molecule has 1 aromatic carbocycles. The van der Waals surface area contributed by atoms with Crippen LogP contribution in [-0.4, -0.2) is 51.5 Å². The summed E-state index contributed by atoms with van der Waals surface area (Å²) in [4.78, 5) is 14.8. The lowest BCUT2D eigenvalue weighted by molar-refractivity contribution is -0.121. The molecule has 1 atom stereocenters. The smallest absolute Gasteiger partial charge is 0.250 e. The van der Waals surface area contributed by atoms with Gasteiger partial charge >= 0.3 is 0 Å². The zero-order valence-corrected chi connectivity index (χ0v) is 18.5. The molecule has 1 aromatic heterocycles. The fourth-order valence-corrected chi connectivity index (χ4v) is 5.74. The van der Waals surface area contributed by atoms with E-state index in [0.717, 1.165) is 5.56 Å². The third kappa shape index (κ3) is 5.36. The van der Waals surface area contributed by atoms with Crippen molar-refractivity contribution in [2.24, 2.45) is 0 Å². The van der Waals surface area contributed by atoms with Gasteiger partial charge in [0.2, 0.25) is 15.9 Å². The second-order valence-corrected chi connectivity index (χ2v) is 10.1. The molecule has 7 nitrogen and oxygen atoms in total. The molecule has 0 bridgehead atoms. The minimum atomic E-state index is -3.47. The molecule has 9 heteroatoms. The van der Waals surface area contributed by atoms with Crippen molar-refractivity contribution in [3.8, 4) is 5.75 Å². The number of amides is 1. The number of nitrogens with one attached hydrogen (secondary N) is 2. The molecule has 2 N–H and O–H groups in total. The molecule has 2 aromatic rings. The van der Waals surface area contributed by atoms with E-state index >= 15 is 0 Å². The van der Waals surface area contributed by atoms with Gasteiger partial charge in [0.25, 0.3) is 0 Å². The van der Waals surface area contributed by atoms with Crippen molar-refractivity contribution in [3.63, 3.8) is 0 Å². The van der Waals surface area contributed by atoms with Gasteiger partial charge < -0.3 is 10.1 Å². The van der Waals surface area contributed by atoms with Crippen molar-refractivity contribution < 1.29 is 17.9 Å². The molecule has 0 spiro atoms. The summed E-state index contributed by atoms with van der Waals surface area (Å²) in [6, 6.07) is 8.54. The molecule has 158 valence electrons. The number of methoxy groups -OCH3 is 1. The van der Waals surface area contributed by atoms with Crippen LogP contribution >= 0.6 is 11.3 Å². The van der Waals surface area contributed by atoms with Crippen molar-refractivity contribution >= 4 is 33.0 Å². The quantitative estimate of drug-likeness (QED) is 0.696. The number of piperidine rings is 1. The molecule has 29 heavy (non-hydrogen) atoms. The lowest BCUT2D eigenvalue weighted by Gasteiger charge is -2.35. The maximum Gasteiger partial charge on any atom is 0.250 e. The number of carbonyl (C=O) groups is 1. The van der Waals surface area contributed by atoms with E-state index in [2.05, 4.69) is 14.9 Å². The van der Waals surface area contributed by atoms with E-state index in [0.29, 0.717) is 41.6 Å². The van der Waals surface area contributed by atoms with Gasteiger partial charge in [0, 0.05) is 19.1 Å². The topological polar surface area (TPSA) is 87.7 Å². The van der Waals surface area contributed by atoms with Crippen LogP contribution in [-0.2, 0) is 14.8 Å². The second-order valence-electron chi connectivity index (χ2n) is 7.23. The van der Waals surface area contributed by atoms with Gasteiger partial charge in [0.1, 0.15) is 9.96 Å². The Labute approximate surface area is 176 Å². The van der Waals surface area contributed by atoms with E-state index in [1.165, 1.54) is 11.3 Å². The van der Waals surface area contributed by atoms with E-state index in [-0.39, 0.29) is 18.0 Å². The SMILES string of the molecule is COc1ccc(C)cc1NC(=O)[C@H](C)N1CCC(NS(=O)(=O)c2cccs2)CC1. The third-order valence-corrected chi connectivity index (χ3v) is 8.07. The Bertz CT molecular complexity index is 937. The normalized spacial score (nSPS) is 17.1. The minimum Gasteiger partial charge on any atom is -0.495 e. The first kappa shape index (κ1) is 21.8. The van der Waals surface area contributed by atoms with Gasteiger partial charge in [-0.2, -0.15) is 0 Å². The van der Waals surface area contributed by atoms with Crippen molar-refractivity contribution in [1.82, 2.24) is 9.62 Å². The van der Waals surface area contributed by atoms with Crippen molar-refractivity contribution in [2.75, 3.05) is 25.5 Å². The molecule has 0 aliphatic carbocycles. The maximum absolute atomic E-state index is 12.7. The number of rotatable bonds is 7. The van der Waals surface area contributed by atoms with Crippen LogP contribution in [0.15, 0.2) is 39.9 Å². The molecule has 0 radical (unpaired) electrons. The molecule has 2 heterocycles. The highest BCUT2D eigenvalue weighted by molar-refractivity contribution is 7.91. The molecule has 1 amide bonds. The first-order valence-electron chi connectivity index (χ1n) is 9.55. The highest BCUT2D eigenvalue weighted by Crippen LogP contribution is 2.26. The van der Waals surface area contributed by atoms with E-state index < -0.39 is 10.0 Å². The van der Waals surface area contributed by atoms with Gasteiger partial charge in [-0.05, 0) is 55.8 Å². The van der Waals surface area contributed by atoms with Gasteiger partial charge in [-0.15, -0.1) is 11.3 Å². The standard InChI is InChI=1S/C20H27N3O4S2/c1-14-6-7-18(27-3)17(13-14)21-20(24)15(2)23-10-8-16(9-11-23)22-29(25,26)19-5-4-12-28-19/h4-7,12-13,15-16,22H,8-11H2,1-3H3,(H,21,24)/t15-/m0/s1. The van der Waals surface area contributed by atoms with Gasteiger partial charge in [-0.3, -0.25) is 9.69 Å². The van der Waals surface area contributed by atoms with Crippen LogP contribution in [0.25, 0.3) is 0 Å². The Morgan fingerprint density at radius 2 is 2.00 bits per heavy atom. The Morgan fingerprint density at radius 1 is 1.28 bits per heavy atom. The maximum atomic E-state index is 12.7. The first-order chi connectivity index (χ1) is 13.8. The van der Waals surface area contributed by atoms with E-state index in [4.69, 9.17) is 4.74 Å². The number of carbonyl (C=O) groups excluding carboxylic acids is 1. The predicted octanol–water partition coefficient (Wildman–Crippen LogP) is 2.84. The predicted molar refractivity (Wildman–Crippen MR) is 115 cm³/mol. The molecule has 1 aliphatic heterocycles. The lowest BCUT2D eigenvalue weighted by atomic mass is 10.0. The Morgan fingerprint density at radius 3 is 2.62 bits per heavy atom. The van der Waals surface area contributed by atoms with E-state index in [1.807, 2.05) is 32.0 Å². The Balaban J connectivity index is 1.55. The first-order valence-corrected chi connectivity index (χ1v) is 11.9. The molecule has 1 aliphatic rings. The molecule has 3 rings (SSSR count). The summed E-state index contributed by atoms with van der Waals surface area (Å²) >= 11 is 1.21. The summed E-state index contributed by atoms with van der Waals surface area (Å²) in [6.45, 7) is 5.13. The van der Waals surface area contributed by atoms with Crippen LogP contribution < -0.4 is 14.8 Å². The van der Waals surface area contributed by atoms with Gasteiger partial charge in [0.05, 0.1) is 18.8 Å². The summed E-state index contributed by atoms with van der Waals surface area (Å²) < 4.78 is 33.2. The second kappa shape index (κ2) is 9.25. The van der Waals surface area contributed by atoms with Gasteiger partial charge in [-0.1, -0.05) is 12.1 Å². The fourth-order valence-electron chi connectivity index (χ4n) is 3.42. The third-order valence-electron chi connectivity index (χ3n) is 5.15. The van der Waals surface area contributed by atoms with Crippen LogP contribution in [0.3, 0.4) is 0 Å². The summed E-state index contributed by atoms with van der Waals surface area (Å²) in [5.74, 6) is 0.518. The molecular weight excluding hydrogens is 410 g/mol. The average Bonchev–Trinajstić information content (AvgIpc) is 3.24. The minimum absolute atomic E-state index is 0.105. The Hall–Kier alpha value is -1.94. The van der Waals surface area contributed by atoms with Crippen LogP contribution in [0.4, 0.5) is 5.69 Å². The highest BCUT2D eigenvalue weighted by Gasteiger charge is 2.29. The molecule has 0 unspecified atom stereocenters. The summed E-state index contributed by atoms with van der Waals surface area (Å²) in [5.41, 5.74) is 1.69. The summed E-state index contributed by atoms with van der Waals surface area (Å²) in [7, 11) is -1.89. The van der Waals surface area contributed by atoms with E-state index in [1.54, 1.807) is 24.6 Å². The van der Waals surface area contributed by atoms with Gasteiger partial charge in [-0.25, -0.2) is 13.1 Å². The number of nitrogens with zero attached hydrogens (tertiary/aromatic N) is 1. The van der Waals surface area contributed by atoms with Crippen LogP contribution in [0.2, 0.25) is 0 Å². The zero-order valence-electron chi connectivity index (χ0n) is 16.8. The highest BCUT2D eigenvalue weighted by atomic mass is 32.2. The lowest BCUT2D eigenvalue weighted by Crippen LogP contribution is -2.50. The molecule has 1 fully saturated rings. The zero-order chi connectivity index (χ0) is 21.0. The van der Waals surface area contributed by atoms with Crippen molar-refractivity contribution in [1.29, 1.82) is 0 Å². The molecular formula is C20H27N3O4S2. The van der Waals surface area contributed by atoms with Crippen LogP contribution in [0.5, 0.6) is 5.75 Å².